The van der Waals surface area contributed by atoms with Gasteiger partial charge in [0.2, 0.25) is 5.91 Å². The van der Waals surface area contributed by atoms with Crippen LogP contribution in [0.4, 0.5) is 10.8 Å². The molecule has 1 aromatic heterocycles. The maximum absolute atomic E-state index is 13.5. The number of thiazole rings is 1. The molecule has 1 unspecified atom stereocenters. The van der Waals surface area contributed by atoms with Crippen molar-refractivity contribution in [2.24, 2.45) is 0 Å². The highest BCUT2D eigenvalue weighted by Gasteiger charge is 2.23. The van der Waals surface area contributed by atoms with Crippen LogP contribution in [0.3, 0.4) is 0 Å². The van der Waals surface area contributed by atoms with E-state index in [0.717, 1.165) is 10.5 Å². The number of carbonyl (C=O) groups is 3. The Kier molecular flexibility index (Phi) is 10.8. The topological polar surface area (TPSA) is 119 Å². The molecule has 3 amide bonds. The van der Waals surface area contributed by atoms with Gasteiger partial charge in [0.1, 0.15) is 10.9 Å². The van der Waals surface area contributed by atoms with E-state index in [1.807, 2.05) is 42.5 Å². The first-order valence-electron chi connectivity index (χ1n) is 14.1. The molecule has 5 aromatic rings. The number of carbonyl (C=O) groups excluding carboxylic acids is 3. The number of rotatable bonds is 12. The molecule has 1 heterocycles. The SMILES string of the molecule is COc1ccc(/C=C(\NC(=O)c2ccccc2)C(=O)Nc2ccc(SC(C(=O)Nc3nccs3)c3ccccc3)cc2)cc1OC. The lowest BCUT2D eigenvalue weighted by Gasteiger charge is -2.17. The molecule has 0 fully saturated rings. The molecular weight excluding hydrogens is 621 g/mol. The highest BCUT2D eigenvalue weighted by Crippen LogP contribution is 2.37. The average molecular weight is 651 g/mol. The fourth-order valence-corrected chi connectivity index (χ4v) is 5.92. The number of nitrogens with zero attached hydrogens (tertiary/aromatic N) is 1. The molecule has 0 saturated carbocycles. The van der Waals surface area contributed by atoms with E-state index < -0.39 is 17.1 Å². The van der Waals surface area contributed by atoms with Gasteiger partial charge in [0.05, 0.1) is 14.2 Å². The van der Waals surface area contributed by atoms with E-state index in [1.54, 1.807) is 78.3 Å². The number of hydrogen-bond donors (Lipinski definition) is 3. The van der Waals surface area contributed by atoms with Gasteiger partial charge >= 0.3 is 0 Å². The maximum Gasteiger partial charge on any atom is 0.272 e. The van der Waals surface area contributed by atoms with Crippen molar-refractivity contribution in [2.45, 2.75) is 10.1 Å². The van der Waals surface area contributed by atoms with Crippen molar-refractivity contribution in [2.75, 3.05) is 24.9 Å². The van der Waals surface area contributed by atoms with Crippen LogP contribution in [0.5, 0.6) is 11.5 Å². The summed E-state index contributed by atoms with van der Waals surface area (Å²) in [6.07, 6.45) is 3.20. The molecule has 0 radical (unpaired) electrons. The van der Waals surface area contributed by atoms with Gasteiger partial charge in [0.25, 0.3) is 11.8 Å². The molecule has 3 N–H and O–H groups in total. The van der Waals surface area contributed by atoms with Crippen LogP contribution in [-0.4, -0.2) is 36.9 Å². The van der Waals surface area contributed by atoms with Gasteiger partial charge in [0.15, 0.2) is 16.6 Å². The molecule has 0 aliphatic carbocycles. The lowest BCUT2D eigenvalue weighted by atomic mass is 10.1. The van der Waals surface area contributed by atoms with Gasteiger partial charge in [-0.05, 0) is 65.7 Å². The van der Waals surface area contributed by atoms with E-state index in [2.05, 4.69) is 20.9 Å². The van der Waals surface area contributed by atoms with E-state index in [1.165, 1.54) is 37.3 Å². The van der Waals surface area contributed by atoms with Crippen molar-refractivity contribution in [3.8, 4) is 11.5 Å². The summed E-state index contributed by atoms with van der Waals surface area (Å²) >= 11 is 2.73. The minimum absolute atomic E-state index is 0.0301. The van der Waals surface area contributed by atoms with Crippen LogP contribution in [0.1, 0.15) is 26.7 Å². The number of benzene rings is 4. The molecule has 1 atom stereocenters. The largest absolute Gasteiger partial charge is 0.493 e. The number of amides is 3. The quantitative estimate of drug-likeness (QED) is 0.0979. The average Bonchev–Trinajstić information content (AvgIpc) is 3.61. The highest BCUT2D eigenvalue weighted by atomic mass is 32.2. The number of hydrogen-bond acceptors (Lipinski definition) is 8. The smallest absolute Gasteiger partial charge is 0.272 e. The number of anilines is 2. The van der Waals surface area contributed by atoms with E-state index >= 15 is 0 Å². The fourth-order valence-electron chi connectivity index (χ4n) is 4.36. The first-order chi connectivity index (χ1) is 22.4. The van der Waals surface area contributed by atoms with E-state index in [9.17, 15) is 14.4 Å². The Morgan fingerprint density at radius 1 is 0.826 bits per heavy atom. The summed E-state index contributed by atoms with van der Waals surface area (Å²) in [6.45, 7) is 0. The van der Waals surface area contributed by atoms with Crippen molar-refractivity contribution in [3.63, 3.8) is 0 Å². The highest BCUT2D eigenvalue weighted by molar-refractivity contribution is 8.00. The number of nitrogens with one attached hydrogen (secondary N) is 3. The predicted octanol–water partition coefficient (Wildman–Crippen LogP) is 7.04. The summed E-state index contributed by atoms with van der Waals surface area (Å²) in [6, 6.07) is 30.4. The Morgan fingerprint density at radius 2 is 1.52 bits per heavy atom. The normalized spacial score (nSPS) is 11.7. The van der Waals surface area contributed by atoms with Crippen molar-refractivity contribution < 1.29 is 23.9 Å². The molecule has 0 spiro atoms. The third kappa shape index (κ3) is 8.40. The molecule has 4 aromatic carbocycles. The minimum atomic E-state index is -0.533. The lowest BCUT2D eigenvalue weighted by molar-refractivity contribution is -0.116. The zero-order chi connectivity index (χ0) is 32.3. The summed E-state index contributed by atoms with van der Waals surface area (Å²) in [5.41, 5.74) is 2.40. The van der Waals surface area contributed by atoms with E-state index in [-0.39, 0.29) is 11.6 Å². The van der Waals surface area contributed by atoms with Gasteiger partial charge in [-0.3, -0.25) is 14.4 Å². The second-order valence-electron chi connectivity index (χ2n) is 9.71. The molecule has 0 aliphatic rings. The summed E-state index contributed by atoms with van der Waals surface area (Å²) in [4.78, 5) is 44.8. The van der Waals surface area contributed by atoms with Crippen LogP contribution in [0.15, 0.2) is 125 Å². The summed E-state index contributed by atoms with van der Waals surface area (Å²) < 4.78 is 10.7. The molecule has 9 nitrogen and oxygen atoms in total. The van der Waals surface area contributed by atoms with E-state index in [4.69, 9.17) is 9.47 Å². The number of methoxy groups -OCH3 is 2. The monoisotopic (exact) mass is 650 g/mol. The summed E-state index contributed by atoms with van der Waals surface area (Å²) in [5, 5.41) is 10.3. The van der Waals surface area contributed by atoms with Crippen LogP contribution in [0, 0.1) is 0 Å². The molecule has 5 rings (SSSR count). The first kappa shape index (κ1) is 32.0. The second-order valence-corrected chi connectivity index (χ2v) is 11.8. The number of thioether (sulfide) groups is 1. The third-order valence-electron chi connectivity index (χ3n) is 6.62. The summed E-state index contributed by atoms with van der Waals surface area (Å²) in [5.74, 6) is -0.135. The fraction of sp³-hybridized carbons (Fsp3) is 0.0857. The third-order valence-corrected chi connectivity index (χ3v) is 8.57. The molecule has 0 saturated heterocycles. The Hall–Kier alpha value is -5.39. The predicted molar refractivity (Wildman–Crippen MR) is 182 cm³/mol. The maximum atomic E-state index is 13.5. The van der Waals surface area contributed by atoms with Crippen LogP contribution >= 0.6 is 23.1 Å². The van der Waals surface area contributed by atoms with Crippen LogP contribution in [0.25, 0.3) is 6.08 Å². The van der Waals surface area contributed by atoms with Crippen molar-refractivity contribution >= 4 is 57.7 Å². The van der Waals surface area contributed by atoms with E-state index in [0.29, 0.717) is 33.4 Å². The Balaban J connectivity index is 1.35. The van der Waals surface area contributed by atoms with Gasteiger partial charge in [0, 0.05) is 27.7 Å². The zero-order valence-electron chi connectivity index (χ0n) is 24.9. The van der Waals surface area contributed by atoms with Crippen LogP contribution in [0.2, 0.25) is 0 Å². The van der Waals surface area contributed by atoms with Gasteiger partial charge in [-0.1, -0.05) is 54.6 Å². The Bertz CT molecular complexity index is 1810. The molecular formula is C35H30N4O5S2. The standard InChI is InChI=1S/C35H30N4O5S2/c1-43-29-18-13-23(22-30(29)44-2)21-28(38-32(40)25-11-7-4-8-12-25)33(41)37-26-14-16-27(17-15-26)46-31(24-9-5-3-6-10-24)34(42)39-35-36-19-20-45-35/h3-22,31H,1-2H3,(H,37,41)(H,38,40)(H,36,39,42)/b28-21-. The molecule has 46 heavy (non-hydrogen) atoms. The van der Waals surface area contributed by atoms with Crippen molar-refractivity contribution in [3.05, 3.63) is 137 Å². The minimum Gasteiger partial charge on any atom is -0.493 e. The number of aromatic nitrogens is 1. The van der Waals surface area contributed by atoms with Gasteiger partial charge in [-0.25, -0.2) is 4.98 Å². The Labute approximate surface area is 274 Å². The molecule has 0 bridgehead atoms. The molecule has 11 heteroatoms. The molecule has 0 aliphatic heterocycles. The van der Waals surface area contributed by atoms with Crippen molar-refractivity contribution in [1.29, 1.82) is 0 Å². The second kappa shape index (κ2) is 15.6. The first-order valence-corrected chi connectivity index (χ1v) is 15.8. The van der Waals surface area contributed by atoms with Crippen LogP contribution < -0.4 is 25.4 Å². The van der Waals surface area contributed by atoms with Gasteiger partial charge < -0.3 is 25.4 Å². The lowest BCUT2D eigenvalue weighted by Crippen LogP contribution is -2.30. The molecule has 232 valence electrons. The Morgan fingerprint density at radius 3 is 2.17 bits per heavy atom. The van der Waals surface area contributed by atoms with Gasteiger partial charge in [-0.2, -0.15) is 0 Å². The summed E-state index contributed by atoms with van der Waals surface area (Å²) in [7, 11) is 3.06. The van der Waals surface area contributed by atoms with Gasteiger partial charge in [-0.15, -0.1) is 23.1 Å². The number of ether oxygens (including phenoxy) is 2. The van der Waals surface area contributed by atoms with Crippen LogP contribution in [-0.2, 0) is 9.59 Å². The van der Waals surface area contributed by atoms with Crippen molar-refractivity contribution in [1.82, 2.24) is 10.3 Å². The zero-order valence-corrected chi connectivity index (χ0v) is 26.6.